The van der Waals surface area contributed by atoms with Crippen molar-refractivity contribution in [3.63, 3.8) is 0 Å². The van der Waals surface area contributed by atoms with Crippen LogP contribution in [0.3, 0.4) is 0 Å². The minimum absolute atomic E-state index is 0.135. The lowest BCUT2D eigenvalue weighted by atomic mass is 9.72. The van der Waals surface area contributed by atoms with E-state index in [2.05, 4.69) is 45.5 Å². The number of piperidine rings is 1. The molecule has 166 valence electrons. The standard InChI is InChI=1S/C27H31N3O2/c1-28-26(31)27(18-21-8-3-5-11-24(21)22-10-7-15-29-19-22)13-16-30(17-14-27)20-23-9-4-6-12-25(23)32-2/h3-12,15,19H,13-14,16-18,20H2,1-2H3,(H,28,31). The van der Waals surface area contributed by atoms with E-state index in [1.54, 1.807) is 20.4 Å². The molecule has 0 saturated carbocycles. The van der Waals surface area contributed by atoms with Crippen molar-refractivity contribution in [2.45, 2.75) is 25.8 Å². The third kappa shape index (κ3) is 4.68. The maximum Gasteiger partial charge on any atom is 0.226 e. The number of ether oxygens (including phenoxy) is 1. The Labute approximate surface area is 190 Å². The van der Waals surface area contributed by atoms with E-state index < -0.39 is 5.41 Å². The van der Waals surface area contributed by atoms with Gasteiger partial charge in [0.05, 0.1) is 12.5 Å². The number of methoxy groups -OCH3 is 1. The van der Waals surface area contributed by atoms with Gasteiger partial charge in [-0.15, -0.1) is 0 Å². The zero-order valence-corrected chi connectivity index (χ0v) is 18.9. The van der Waals surface area contributed by atoms with Crippen molar-refractivity contribution in [1.82, 2.24) is 15.2 Å². The molecule has 0 atom stereocenters. The van der Waals surface area contributed by atoms with E-state index in [1.165, 1.54) is 11.1 Å². The zero-order valence-electron chi connectivity index (χ0n) is 18.9. The number of hydrogen-bond acceptors (Lipinski definition) is 4. The van der Waals surface area contributed by atoms with E-state index in [0.29, 0.717) is 0 Å². The number of amides is 1. The quantitative estimate of drug-likeness (QED) is 0.607. The van der Waals surface area contributed by atoms with Gasteiger partial charge in [0.25, 0.3) is 0 Å². The highest BCUT2D eigenvalue weighted by Gasteiger charge is 2.41. The summed E-state index contributed by atoms with van der Waals surface area (Å²) in [6.45, 7) is 2.58. The van der Waals surface area contributed by atoms with Gasteiger partial charge in [-0.05, 0) is 55.6 Å². The zero-order chi connectivity index (χ0) is 22.4. The van der Waals surface area contributed by atoms with Crippen molar-refractivity contribution >= 4 is 5.91 Å². The highest BCUT2D eigenvalue weighted by Crippen LogP contribution is 2.38. The second kappa shape index (κ2) is 9.96. The summed E-state index contributed by atoms with van der Waals surface area (Å²) in [7, 11) is 3.46. The summed E-state index contributed by atoms with van der Waals surface area (Å²) in [6, 6.07) is 20.6. The van der Waals surface area contributed by atoms with Crippen LogP contribution in [0.4, 0.5) is 0 Å². The number of rotatable bonds is 7. The molecule has 0 bridgehead atoms. The summed E-state index contributed by atoms with van der Waals surface area (Å²) in [5, 5.41) is 2.95. The van der Waals surface area contributed by atoms with E-state index in [0.717, 1.165) is 55.8 Å². The highest BCUT2D eigenvalue weighted by molar-refractivity contribution is 5.83. The molecule has 2 aromatic carbocycles. The summed E-state index contributed by atoms with van der Waals surface area (Å²) >= 11 is 0. The first-order valence-corrected chi connectivity index (χ1v) is 11.2. The number of benzene rings is 2. The predicted octanol–water partition coefficient (Wildman–Crippen LogP) is 4.33. The Kier molecular flexibility index (Phi) is 6.86. The van der Waals surface area contributed by atoms with Crippen LogP contribution in [-0.2, 0) is 17.8 Å². The molecule has 1 aliphatic rings. The minimum atomic E-state index is -0.412. The Balaban J connectivity index is 1.54. The number of carbonyl (C=O) groups excluding carboxylic acids is 1. The molecule has 2 heterocycles. The Morgan fingerprint density at radius 2 is 1.75 bits per heavy atom. The van der Waals surface area contributed by atoms with Crippen LogP contribution in [0, 0.1) is 5.41 Å². The molecule has 1 saturated heterocycles. The average molecular weight is 430 g/mol. The number of pyridine rings is 1. The van der Waals surface area contributed by atoms with Gasteiger partial charge in [-0.25, -0.2) is 0 Å². The molecule has 1 fully saturated rings. The van der Waals surface area contributed by atoms with E-state index in [-0.39, 0.29) is 5.91 Å². The number of nitrogens with one attached hydrogen (secondary N) is 1. The van der Waals surface area contributed by atoms with Crippen molar-refractivity contribution in [2.75, 3.05) is 27.2 Å². The monoisotopic (exact) mass is 429 g/mol. The van der Waals surface area contributed by atoms with Gasteiger partial charge in [-0.3, -0.25) is 14.7 Å². The van der Waals surface area contributed by atoms with Crippen molar-refractivity contribution < 1.29 is 9.53 Å². The predicted molar refractivity (Wildman–Crippen MR) is 127 cm³/mol. The SMILES string of the molecule is CNC(=O)C1(Cc2ccccc2-c2cccnc2)CCN(Cc2ccccc2OC)CC1. The minimum Gasteiger partial charge on any atom is -0.496 e. The molecule has 1 aromatic heterocycles. The lowest BCUT2D eigenvalue weighted by Crippen LogP contribution is -2.49. The first-order chi connectivity index (χ1) is 15.6. The van der Waals surface area contributed by atoms with Crippen LogP contribution in [0.2, 0.25) is 0 Å². The molecular weight excluding hydrogens is 398 g/mol. The fourth-order valence-corrected chi connectivity index (χ4v) is 4.81. The number of nitrogens with zero attached hydrogens (tertiary/aromatic N) is 2. The van der Waals surface area contributed by atoms with E-state index in [1.807, 2.05) is 36.5 Å². The molecule has 0 spiro atoms. The Hall–Kier alpha value is -3.18. The molecule has 3 aromatic rings. The Bertz CT molecular complexity index is 1040. The van der Waals surface area contributed by atoms with Gasteiger partial charge in [0, 0.05) is 37.1 Å². The first-order valence-electron chi connectivity index (χ1n) is 11.2. The van der Waals surface area contributed by atoms with E-state index >= 15 is 0 Å². The van der Waals surface area contributed by atoms with Gasteiger partial charge in [0.1, 0.15) is 5.75 Å². The summed E-state index contributed by atoms with van der Waals surface area (Å²) < 4.78 is 5.52. The Morgan fingerprint density at radius 1 is 1.03 bits per heavy atom. The fraction of sp³-hybridized carbons (Fsp3) is 0.333. The Morgan fingerprint density at radius 3 is 2.44 bits per heavy atom. The molecule has 1 aliphatic heterocycles. The summed E-state index contributed by atoms with van der Waals surface area (Å²) in [5.74, 6) is 1.05. The van der Waals surface area contributed by atoms with Crippen LogP contribution in [0.5, 0.6) is 5.75 Å². The number of carbonyl (C=O) groups is 1. The van der Waals surface area contributed by atoms with Crippen LogP contribution >= 0.6 is 0 Å². The van der Waals surface area contributed by atoms with Gasteiger partial charge < -0.3 is 10.1 Å². The van der Waals surface area contributed by atoms with Crippen molar-refractivity contribution in [3.05, 3.63) is 84.2 Å². The lowest BCUT2D eigenvalue weighted by molar-refractivity contribution is -0.133. The second-order valence-corrected chi connectivity index (χ2v) is 8.52. The van der Waals surface area contributed by atoms with Gasteiger partial charge in [0.15, 0.2) is 0 Å². The number of para-hydroxylation sites is 1. The van der Waals surface area contributed by atoms with Gasteiger partial charge >= 0.3 is 0 Å². The molecule has 5 heteroatoms. The van der Waals surface area contributed by atoms with Crippen LogP contribution in [0.15, 0.2) is 73.1 Å². The number of aromatic nitrogens is 1. The van der Waals surface area contributed by atoms with Crippen molar-refractivity contribution in [2.24, 2.45) is 5.41 Å². The second-order valence-electron chi connectivity index (χ2n) is 8.52. The van der Waals surface area contributed by atoms with Crippen LogP contribution in [0.25, 0.3) is 11.1 Å². The fourth-order valence-electron chi connectivity index (χ4n) is 4.81. The smallest absolute Gasteiger partial charge is 0.226 e. The summed E-state index contributed by atoms with van der Waals surface area (Å²) in [5.41, 5.74) is 4.21. The summed E-state index contributed by atoms with van der Waals surface area (Å²) in [4.78, 5) is 19.9. The first kappa shape index (κ1) is 22.0. The van der Waals surface area contributed by atoms with Crippen LogP contribution < -0.4 is 10.1 Å². The largest absolute Gasteiger partial charge is 0.496 e. The molecule has 5 nitrogen and oxygen atoms in total. The van der Waals surface area contributed by atoms with Crippen LogP contribution in [0.1, 0.15) is 24.0 Å². The molecular formula is C27H31N3O2. The third-order valence-electron chi connectivity index (χ3n) is 6.63. The molecule has 4 rings (SSSR count). The lowest BCUT2D eigenvalue weighted by Gasteiger charge is -2.41. The normalized spacial score (nSPS) is 15.8. The van der Waals surface area contributed by atoms with Gasteiger partial charge in [-0.2, -0.15) is 0 Å². The third-order valence-corrected chi connectivity index (χ3v) is 6.63. The maximum atomic E-state index is 13.1. The highest BCUT2D eigenvalue weighted by atomic mass is 16.5. The van der Waals surface area contributed by atoms with Crippen molar-refractivity contribution in [3.8, 4) is 16.9 Å². The van der Waals surface area contributed by atoms with Gasteiger partial charge in [0.2, 0.25) is 5.91 Å². The average Bonchev–Trinajstić information content (AvgIpc) is 2.86. The van der Waals surface area contributed by atoms with E-state index in [9.17, 15) is 4.79 Å². The molecule has 1 N–H and O–H groups in total. The van der Waals surface area contributed by atoms with Gasteiger partial charge in [-0.1, -0.05) is 48.5 Å². The van der Waals surface area contributed by atoms with Crippen molar-refractivity contribution in [1.29, 1.82) is 0 Å². The molecule has 1 amide bonds. The summed E-state index contributed by atoms with van der Waals surface area (Å²) in [6.07, 6.45) is 6.05. The van der Waals surface area contributed by atoms with Crippen LogP contribution in [-0.4, -0.2) is 43.0 Å². The number of hydrogen-bond donors (Lipinski definition) is 1. The maximum absolute atomic E-state index is 13.1. The topological polar surface area (TPSA) is 54.5 Å². The van der Waals surface area contributed by atoms with E-state index in [4.69, 9.17) is 4.74 Å². The number of likely N-dealkylation sites (tertiary alicyclic amines) is 1. The molecule has 32 heavy (non-hydrogen) atoms. The molecule has 0 radical (unpaired) electrons. The molecule has 0 aliphatic carbocycles. The molecule has 0 unspecified atom stereocenters.